The van der Waals surface area contributed by atoms with Crippen molar-refractivity contribution >= 4 is 37.7 Å². The molecule has 6 aromatic rings. The van der Waals surface area contributed by atoms with Crippen LogP contribution >= 0.6 is 15.9 Å². The molecule has 0 bridgehead atoms. The van der Waals surface area contributed by atoms with E-state index in [0.29, 0.717) is 0 Å². The summed E-state index contributed by atoms with van der Waals surface area (Å²) in [6.07, 6.45) is 0.994. The van der Waals surface area contributed by atoms with Crippen LogP contribution in [0.4, 0.5) is 0 Å². The van der Waals surface area contributed by atoms with E-state index in [4.69, 9.17) is 0 Å². The molecule has 0 radical (unpaired) electrons. The SMILES string of the molecule is Brc1ccc(-c2ccccc2)cc1-n1c2ccccc2c2cc3c(cc21)Cc1ccccc1-3. The second kappa shape index (κ2) is 7.19. The normalized spacial score (nSPS) is 12.3. The molecule has 0 saturated carbocycles. The van der Waals surface area contributed by atoms with Crippen LogP contribution in [-0.4, -0.2) is 4.57 Å². The van der Waals surface area contributed by atoms with Gasteiger partial charge in [0, 0.05) is 15.2 Å². The van der Waals surface area contributed by atoms with Crippen LogP contribution in [-0.2, 0) is 6.42 Å². The molecule has 1 aliphatic carbocycles. The smallest absolute Gasteiger partial charge is 0.0610 e. The molecule has 1 nitrogen and oxygen atoms in total. The van der Waals surface area contributed by atoms with E-state index in [1.54, 1.807) is 0 Å². The van der Waals surface area contributed by atoms with E-state index in [1.807, 2.05) is 0 Å². The molecular weight excluding hydrogens is 466 g/mol. The summed E-state index contributed by atoms with van der Waals surface area (Å²) in [6.45, 7) is 0. The van der Waals surface area contributed by atoms with Crippen molar-refractivity contribution in [2.24, 2.45) is 0 Å². The summed E-state index contributed by atoms with van der Waals surface area (Å²) in [6, 6.07) is 39.6. The molecule has 0 amide bonds. The molecule has 1 aliphatic rings. The molecule has 0 aliphatic heterocycles. The molecule has 5 aromatic carbocycles. The zero-order chi connectivity index (χ0) is 21.9. The topological polar surface area (TPSA) is 4.93 Å². The molecular formula is C31H20BrN. The fraction of sp³-hybridized carbons (Fsp3) is 0.0323. The highest BCUT2D eigenvalue weighted by Gasteiger charge is 2.22. The van der Waals surface area contributed by atoms with Crippen LogP contribution in [0, 0.1) is 0 Å². The Hall–Kier alpha value is -3.62. The van der Waals surface area contributed by atoms with Gasteiger partial charge < -0.3 is 4.57 Å². The number of hydrogen-bond donors (Lipinski definition) is 0. The van der Waals surface area contributed by atoms with Gasteiger partial charge >= 0.3 is 0 Å². The molecule has 156 valence electrons. The molecule has 33 heavy (non-hydrogen) atoms. The predicted octanol–water partition coefficient (Wildman–Crippen LogP) is 8.78. The lowest BCUT2D eigenvalue weighted by Gasteiger charge is -2.13. The Labute approximate surface area is 201 Å². The number of hydrogen-bond acceptors (Lipinski definition) is 0. The zero-order valence-corrected chi connectivity index (χ0v) is 19.5. The number of nitrogens with zero attached hydrogens (tertiary/aromatic N) is 1. The summed E-state index contributed by atoms with van der Waals surface area (Å²) < 4.78 is 3.51. The zero-order valence-electron chi connectivity index (χ0n) is 17.9. The molecule has 0 unspecified atom stereocenters. The molecule has 0 atom stereocenters. The van der Waals surface area contributed by atoms with Gasteiger partial charge in [-0.1, -0.05) is 78.9 Å². The number of halogens is 1. The summed E-state index contributed by atoms with van der Waals surface area (Å²) >= 11 is 3.86. The summed E-state index contributed by atoms with van der Waals surface area (Å²) in [5, 5.41) is 2.59. The van der Waals surface area contributed by atoms with E-state index in [0.717, 1.165) is 16.6 Å². The Morgan fingerprint density at radius 2 is 1.33 bits per heavy atom. The van der Waals surface area contributed by atoms with Gasteiger partial charge in [0.25, 0.3) is 0 Å². The van der Waals surface area contributed by atoms with E-state index in [-0.39, 0.29) is 0 Å². The minimum atomic E-state index is 0.994. The number of para-hydroxylation sites is 1. The van der Waals surface area contributed by atoms with Crippen LogP contribution in [0.2, 0.25) is 0 Å². The molecule has 0 N–H and O–H groups in total. The van der Waals surface area contributed by atoms with Crippen LogP contribution < -0.4 is 0 Å². The van der Waals surface area contributed by atoms with E-state index < -0.39 is 0 Å². The largest absolute Gasteiger partial charge is 0.308 e. The van der Waals surface area contributed by atoms with Crippen LogP contribution in [0.15, 0.2) is 114 Å². The molecule has 1 heterocycles. The highest BCUT2D eigenvalue weighted by atomic mass is 79.9. The highest BCUT2D eigenvalue weighted by molar-refractivity contribution is 9.10. The van der Waals surface area contributed by atoms with Crippen molar-refractivity contribution in [2.45, 2.75) is 6.42 Å². The lowest BCUT2D eigenvalue weighted by molar-refractivity contribution is 1.16. The summed E-state index contributed by atoms with van der Waals surface area (Å²) in [4.78, 5) is 0. The van der Waals surface area contributed by atoms with Gasteiger partial charge in [0.1, 0.15) is 0 Å². The van der Waals surface area contributed by atoms with Crippen molar-refractivity contribution in [2.75, 3.05) is 0 Å². The first kappa shape index (κ1) is 18.9. The Morgan fingerprint density at radius 1 is 0.545 bits per heavy atom. The van der Waals surface area contributed by atoms with Crippen LogP contribution in [0.5, 0.6) is 0 Å². The summed E-state index contributed by atoms with van der Waals surface area (Å²) in [5.41, 5.74) is 11.7. The molecule has 0 fully saturated rings. The molecule has 0 saturated heterocycles. The minimum absolute atomic E-state index is 0.994. The van der Waals surface area contributed by atoms with Gasteiger partial charge in [0.15, 0.2) is 0 Å². The Bertz CT molecular complexity index is 1690. The maximum Gasteiger partial charge on any atom is 0.0610 e. The lowest BCUT2D eigenvalue weighted by atomic mass is 10.0. The van der Waals surface area contributed by atoms with Crippen molar-refractivity contribution in [3.05, 3.63) is 125 Å². The molecule has 7 rings (SSSR count). The van der Waals surface area contributed by atoms with Crippen LogP contribution in [0.25, 0.3) is 49.7 Å². The van der Waals surface area contributed by atoms with E-state index >= 15 is 0 Å². The summed E-state index contributed by atoms with van der Waals surface area (Å²) in [5.74, 6) is 0. The first-order valence-corrected chi connectivity index (χ1v) is 12.1. The Kier molecular flexibility index (Phi) is 4.12. The van der Waals surface area contributed by atoms with Gasteiger partial charge in [-0.3, -0.25) is 0 Å². The average Bonchev–Trinajstić information content (AvgIpc) is 3.38. The fourth-order valence-corrected chi connectivity index (χ4v) is 5.78. The Balaban J connectivity index is 1.54. The maximum absolute atomic E-state index is 3.86. The predicted molar refractivity (Wildman–Crippen MR) is 142 cm³/mol. The first-order chi connectivity index (χ1) is 16.3. The second-order valence-electron chi connectivity index (χ2n) is 8.75. The third-order valence-electron chi connectivity index (χ3n) is 6.88. The summed E-state index contributed by atoms with van der Waals surface area (Å²) in [7, 11) is 0. The quantitative estimate of drug-likeness (QED) is 0.230. The third kappa shape index (κ3) is 2.84. The fourth-order valence-electron chi connectivity index (χ4n) is 5.35. The first-order valence-electron chi connectivity index (χ1n) is 11.3. The van der Waals surface area contributed by atoms with Crippen molar-refractivity contribution < 1.29 is 0 Å². The van der Waals surface area contributed by atoms with Crippen molar-refractivity contribution in [1.82, 2.24) is 4.57 Å². The highest BCUT2D eigenvalue weighted by Crippen LogP contribution is 2.43. The van der Waals surface area contributed by atoms with Crippen molar-refractivity contribution in [3.8, 4) is 27.9 Å². The minimum Gasteiger partial charge on any atom is -0.308 e. The van der Waals surface area contributed by atoms with Gasteiger partial charge in [0.05, 0.1) is 16.7 Å². The number of benzene rings is 5. The molecule has 2 heteroatoms. The van der Waals surface area contributed by atoms with E-state index in [9.17, 15) is 0 Å². The van der Waals surface area contributed by atoms with E-state index in [1.165, 1.54) is 55.2 Å². The molecule has 0 spiro atoms. The third-order valence-corrected chi connectivity index (χ3v) is 7.55. The second-order valence-corrected chi connectivity index (χ2v) is 9.60. The number of aromatic nitrogens is 1. The number of fused-ring (bicyclic) bond motifs is 6. The van der Waals surface area contributed by atoms with Gasteiger partial charge in [-0.05, 0) is 86.1 Å². The molecule has 1 aromatic heterocycles. The number of rotatable bonds is 2. The van der Waals surface area contributed by atoms with Gasteiger partial charge in [0.2, 0.25) is 0 Å². The standard InChI is InChI=1S/C31H20BrN/c32-28-15-14-21(20-8-2-1-3-9-20)17-31(28)33-29-13-7-6-12-25(29)27-19-26-23(18-30(27)33)16-22-10-4-5-11-24(22)26/h1-15,17-19H,16H2. The van der Waals surface area contributed by atoms with Gasteiger partial charge in [-0.25, -0.2) is 0 Å². The van der Waals surface area contributed by atoms with E-state index in [2.05, 4.69) is 130 Å². The lowest BCUT2D eigenvalue weighted by Crippen LogP contribution is -1.96. The van der Waals surface area contributed by atoms with Crippen molar-refractivity contribution in [3.63, 3.8) is 0 Å². The van der Waals surface area contributed by atoms with Gasteiger partial charge in [-0.2, -0.15) is 0 Å². The average molecular weight is 486 g/mol. The maximum atomic E-state index is 3.86. The van der Waals surface area contributed by atoms with Crippen molar-refractivity contribution in [1.29, 1.82) is 0 Å². The Morgan fingerprint density at radius 3 is 2.24 bits per heavy atom. The monoisotopic (exact) mass is 485 g/mol. The van der Waals surface area contributed by atoms with Crippen LogP contribution in [0.3, 0.4) is 0 Å². The van der Waals surface area contributed by atoms with Crippen LogP contribution in [0.1, 0.15) is 11.1 Å². The van der Waals surface area contributed by atoms with Gasteiger partial charge in [-0.15, -0.1) is 0 Å².